The number of aryl methyl sites for hydroxylation is 1. The van der Waals surface area contributed by atoms with Crippen molar-refractivity contribution in [3.8, 4) is 0 Å². The van der Waals surface area contributed by atoms with Crippen LogP contribution < -0.4 is 0 Å². The summed E-state index contributed by atoms with van der Waals surface area (Å²) in [5, 5.41) is 2.97. The molecular weight excluding hydrogens is 283 g/mol. The van der Waals surface area contributed by atoms with Gasteiger partial charge in [0.1, 0.15) is 0 Å². The molecule has 0 nitrogen and oxygen atoms in total. The van der Waals surface area contributed by atoms with Crippen molar-refractivity contribution in [1.82, 2.24) is 0 Å². The van der Waals surface area contributed by atoms with Crippen LogP contribution in [0.25, 0.3) is 10.8 Å². The van der Waals surface area contributed by atoms with Gasteiger partial charge >= 0.3 is 116 Å². The molecule has 1 aliphatic heterocycles. The van der Waals surface area contributed by atoms with Crippen LogP contribution >= 0.6 is 0 Å². The summed E-state index contributed by atoms with van der Waals surface area (Å²) in [6.07, 6.45) is 0. The van der Waals surface area contributed by atoms with Crippen molar-refractivity contribution in [2.75, 3.05) is 0 Å². The van der Waals surface area contributed by atoms with E-state index in [4.69, 9.17) is 0 Å². The Balaban J connectivity index is 2.53. The molecule has 0 unspecified atom stereocenters. The first-order valence-electron chi connectivity index (χ1n) is 6.56. The Morgan fingerprint density at radius 2 is 1.44 bits per heavy atom. The number of hydrogen-bond acceptors (Lipinski definition) is 0. The fraction of sp³-hybridized carbons (Fsp3) is 0.412. The molecule has 2 aromatic carbocycles. The Morgan fingerprint density at radius 1 is 0.833 bits per heavy atom. The summed E-state index contributed by atoms with van der Waals surface area (Å²) in [6.45, 7) is 11.9. The Hall–Kier alpha value is -0.781. The molecule has 2 aromatic rings. The van der Waals surface area contributed by atoms with E-state index in [0.29, 0.717) is 23.6 Å². The summed E-state index contributed by atoms with van der Waals surface area (Å²) < 4.78 is 0.660. The van der Waals surface area contributed by atoms with Gasteiger partial charge in [0.2, 0.25) is 0 Å². The van der Waals surface area contributed by atoms with Crippen LogP contribution in [0.1, 0.15) is 44.4 Å². The van der Waals surface area contributed by atoms with E-state index in [1.54, 1.807) is 11.1 Å². The molecule has 0 amide bonds. The van der Waals surface area contributed by atoms with E-state index in [-0.39, 0.29) is 0 Å². The molecule has 0 N–H and O–H groups in total. The summed E-state index contributed by atoms with van der Waals surface area (Å²) in [6, 6.07) is 11.5. The number of rotatable bonds is 0. The molecular formula is C17H20Se. The second kappa shape index (κ2) is 3.62. The van der Waals surface area contributed by atoms with Gasteiger partial charge in [-0.25, -0.2) is 0 Å². The van der Waals surface area contributed by atoms with Crippen LogP contribution in [-0.4, -0.2) is 15.0 Å². The second-order valence-corrected chi connectivity index (χ2v) is 11.0. The van der Waals surface area contributed by atoms with E-state index in [0.717, 1.165) is 0 Å². The Kier molecular flexibility index (Phi) is 2.47. The molecule has 0 radical (unpaired) electrons. The molecule has 0 saturated heterocycles. The minimum absolute atomic E-state index is 0.330. The average Bonchev–Trinajstić information content (AvgIpc) is 2.26. The SMILES string of the molecule is Cc1ccc2c3c(cccc13)C(C)(C)[Se]C2(C)C. The van der Waals surface area contributed by atoms with Gasteiger partial charge in [-0.1, -0.05) is 0 Å². The van der Waals surface area contributed by atoms with Crippen LogP contribution in [0, 0.1) is 6.92 Å². The third kappa shape index (κ3) is 1.57. The van der Waals surface area contributed by atoms with Gasteiger partial charge < -0.3 is 0 Å². The van der Waals surface area contributed by atoms with Gasteiger partial charge in [-0.05, 0) is 0 Å². The van der Waals surface area contributed by atoms with E-state index in [1.165, 1.54) is 16.3 Å². The summed E-state index contributed by atoms with van der Waals surface area (Å²) >= 11 is 0.580. The molecule has 0 aromatic heterocycles. The van der Waals surface area contributed by atoms with Crippen molar-refractivity contribution in [1.29, 1.82) is 0 Å². The Bertz CT molecular complexity index is 615. The minimum atomic E-state index is 0.330. The van der Waals surface area contributed by atoms with E-state index < -0.39 is 0 Å². The first kappa shape index (κ1) is 12.3. The molecule has 0 saturated carbocycles. The van der Waals surface area contributed by atoms with Crippen molar-refractivity contribution in [3.05, 3.63) is 47.0 Å². The zero-order valence-corrected chi connectivity index (χ0v) is 13.5. The molecule has 3 rings (SSSR count). The first-order valence-corrected chi connectivity index (χ1v) is 8.28. The molecule has 0 bridgehead atoms. The maximum absolute atomic E-state index is 2.41. The zero-order chi connectivity index (χ0) is 13.1. The molecule has 0 fully saturated rings. The van der Waals surface area contributed by atoms with Crippen LogP contribution in [0.5, 0.6) is 0 Å². The maximum atomic E-state index is 2.41. The average molecular weight is 303 g/mol. The molecule has 1 heteroatoms. The van der Waals surface area contributed by atoms with Crippen LogP contribution in [-0.2, 0) is 8.63 Å². The third-order valence-corrected chi connectivity index (χ3v) is 7.13. The molecule has 1 heterocycles. The van der Waals surface area contributed by atoms with E-state index in [9.17, 15) is 0 Å². The van der Waals surface area contributed by atoms with Crippen molar-refractivity contribution >= 4 is 25.7 Å². The Labute approximate surface area is 116 Å². The van der Waals surface area contributed by atoms with Crippen LogP contribution in [0.4, 0.5) is 0 Å². The Morgan fingerprint density at radius 3 is 2.11 bits per heavy atom. The van der Waals surface area contributed by atoms with Crippen molar-refractivity contribution in [2.24, 2.45) is 0 Å². The summed E-state index contributed by atoms with van der Waals surface area (Å²) in [5.41, 5.74) is 4.51. The van der Waals surface area contributed by atoms with E-state index in [2.05, 4.69) is 65.0 Å². The fourth-order valence-electron chi connectivity index (χ4n) is 3.30. The third-order valence-electron chi connectivity index (χ3n) is 4.07. The predicted octanol–water partition coefficient (Wildman–Crippen LogP) is 4.34. The van der Waals surface area contributed by atoms with Crippen LogP contribution in [0.2, 0.25) is 0 Å². The van der Waals surface area contributed by atoms with Crippen molar-refractivity contribution in [2.45, 2.75) is 43.2 Å². The molecule has 94 valence electrons. The molecule has 0 aliphatic carbocycles. The molecule has 18 heavy (non-hydrogen) atoms. The normalized spacial score (nSPS) is 20.1. The van der Waals surface area contributed by atoms with Gasteiger partial charge in [0.05, 0.1) is 0 Å². The first-order chi connectivity index (χ1) is 8.33. The van der Waals surface area contributed by atoms with Gasteiger partial charge in [-0.15, -0.1) is 0 Å². The molecule has 0 atom stereocenters. The van der Waals surface area contributed by atoms with Gasteiger partial charge in [-0.3, -0.25) is 0 Å². The van der Waals surface area contributed by atoms with Crippen LogP contribution in [0.15, 0.2) is 30.3 Å². The standard InChI is InChI=1S/C17H20Se/c1-11-9-10-14-15-12(11)7-6-8-13(15)16(2,3)18-17(14,4)5/h6-10H,1-5H3. The zero-order valence-electron chi connectivity index (χ0n) is 11.8. The molecule has 1 aliphatic rings. The molecule has 0 spiro atoms. The van der Waals surface area contributed by atoms with E-state index >= 15 is 0 Å². The summed E-state index contributed by atoms with van der Waals surface area (Å²) in [7, 11) is 0. The fourth-order valence-corrected chi connectivity index (χ4v) is 7.16. The number of hydrogen-bond donors (Lipinski definition) is 0. The van der Waals surface area contributed by atoms with Gasteiger partial charge in [0, 0.05) is 0 Å². The van der Waals surface area contributed by atoms with Gasteiger partial charge in [0.25, 0.3) is 0 Å². The summed E-state index contributed by atoms with van der Waals surface area (Å²) in [5.74, 6) is 0. The summed E-state index contributed by atoms with van der Waals surface area (Å²) in [4.78, 5) is 0. The van der Waals surface area contributed by atoms with Gasteiger partial charge in [0.15, 0.2) is 0 Å². The number of benzene rings is 2. The van der Waals surface area contributed by atoms with E-state index in [1.807, 2.05) is 0 Å². The van der Waals surface area contributed by atoms with Crippen molar-refractivity contribution < 1.29 is 0 Å². The monoisotopic (exact) mass is 304 g/mol. The topological polar surface area (TPSA) is 0 Å². The van der Waals surface area contributed by atoms with Crippen LogP contribution in [0.3, 0.4) is 0 Å². The van der Waals surface area contributed by atoms with Crippen molar-refractivity contribution in [3.63, 3.8) is 0 Å². The predicted molar refractivity (Wildman–Crippen MR) is 80.5 cm³/mol. The van der Waals surface area contributed by atoms with Gasteiger partial charge in [-0.2, -0.15) is 0 Å². The quantitative estimate of drug-likeness (QED) is 0.635. The second-order valence-electron chi connectivity index (χ2n) is 6.28.